The van der Waals surface area contributed by atoms with E-state index in [1.54, 1.807) is 48.9 Å². The highest BCUT2D eigenvalue weighted by molar-refractivity contribution is 5.91. The average molecular weight is 283 g/mol. The van der Waals surface area contributed by atoms with Gasteiger partial charge in [-0.1, -0.05) is 0 Å². The van der Waals surface area contributed by atoms with Crippen LogP contribution in [0.5, 0.6) is 0 Å². The van der Waals surface area contributed by atoms with E-state index in [1.807, 2.05) is 6.07 Å². The summed E-state index contributed by atoms with van der Waals surface area (Å²) < 4.78 is 15.9. The summed E-state index contributed by atoms with van der Waals surface area (Å²) in [5.41, 5.74) is 0. The van der Waals surface area contributed by atoms with Crippen molar-refractivity contribution in [1.82, 2.24) is 5.32 Å². The molecule has 5 heteroatoms. The van der Waals surface area contributed by atoms with E-state index in [-0.39, 0.29) is 5.91 Å². The second-order valence-electron chi connectivity index (χ2n) is 4.31. The molecule has 3 aromatic heterocycles. The number of hydrogen-bond donors (Lipinski definition) is 1. The number of amides is 1. The first-order valence-electron chi connectivity index (χ1n) is 6.43. The Morgan fingerprint density at radius 3 is 2.67 bits per heavy atom. The summed E-state index contributed by atoms with van der Waals surface area (Å²) in [4.78, 5) is 11.6. The maximum atomic E-state index is 11.6. The van der Waals surface area contributed by atoms with E-state index in [9.17, 15) is 4.79 Å². The van der Waals surface area contributed by atoms with Crippen molar-refractivity contribution in [3.63, 3.8) is 0 Å². The Balaban J connectivity index is 1.54. The molecule has 0 fully saturated rings. The van der Waals surface area contributed by atoms with Gasteiger partial charge in [-0.3, -0.25) is 4.79 Å². The maximum Gasteiger partial charge on any atom is 0.244 e. The largest absolute Gasteiger partial charge is 0.465 e. The molecular formula is C16H13NO4. The number of hydrogen-bond acceptors (Lipinski definition) is 4. The maximum absolute atomic E-state index is 11.6. The summed E-state index contributed by atoms with van der Waals surface area (Å²) in [5.74, 6) is 2.35. The third kappa shape index (κ3) is 3.33. The van der Waals surface area contributed by atoms with Crippen LogP contribution in [0.3, 0.4) is 0 Å². The van der Waals surface area contributed by atoms with E-state index in [4.69, 9.17) is 13.3 Å². The van der Waals surface area contributed by atoms with Crippen molar-refractivity contribution < 1.29 is 18.0 Å². The van der Waals surface area contributed by atoms with Gasteiger partial charge in [0.1, 0.15) is 11.5 Å². The van der Waals surface area contributed by atoms with Crippen LogP contribution in [-0.2, 0) is 11.3 Å². The van der Waals surface area contributed by atoms with Crippen LogP contribution in [0.15, 0.2) is 68.3 Å². The van der Waals surface area contributed by atoms with Gasteiger partial charge in [-0.2, -0.15) is 0 Å². The standard InChI is InChI=1S/C16H13NO4/c18-16(8-6-12-3-1-9-19-12)17-11-13-5-7-15(21-13)14-4-2-10-20-14/h1-10H,11H2,(H,17,18)/b8-6+. The molecule has 0 aliphatic heterocycles. The Morgan fingerprint density at radius 1 is 1.05 bits per heavy atom. The van der Waals surface area contributed by atoms with Crippen molar-refractivity contribution in [2.24, 2.45) is 0 Å². The molecule has 0 unspecified atom stereocenters. The third-order valence-electron chi connectivity index (χ3n) is 2.80. The van der Waals surface area contributed by atoms with Crippen LogP contribution in [0.25, 0.3) is 17.6 Å². The molecule has 0 aromatic carbocycles. The van der Waals surface area contributed by atoms with Gasteiger partial charge in [-0.25, -0.2) is 0 Å². The number of nitrogens with one attached hydrogen (secondary N) is 1. The first-order chi connectivity index (χ1) is 10.3. The van der Waals surface area contributed by atoms with Crippen LogP contribution in [0, 0.1) is 0 Å². The third-order valence-corrected chi connectivity index (χ3v) is 2.80. The van der Waals surface area contributed by atoms with E-state index in [0.717, 1.165) is 0 Å². The van der Waals surface area contributed by atoms with E-state index in [0.29, 0.717) is 29.6 Å². The molecule has 0 saturated heterocycles. The van der Waals surface area contributed by atoms with Gasteiger partial charge in [0.25, 0.3) is 0 Å². The molecule has 1 amide bonds. The lowest BCUT2D eigenvalue weighted by molar-refractivity contribution is -0.116. The lowest BCUT2D eigenvalue weighted by Crippen LogP contribution is -2.19. The minimum absolute atomic E-state index is 0.220. The van der Waals surface area contributed by atoms with Crippen LogP contribution in [-0.4, -0.2) is 5.91 Å². The Hall–Kier alpha value is -2.95. The molecule has 0 spiro atoms. The number of carbonyl (C=O) groups is 1. The molecule has 3 heterocycles. The number of rotatable bonds is 5. The summed E-state index contributed by atoms with van der Waals surface area (Å²) in [6.07, 6.45) is 6.15. The topological polar surface area (TPSA) is 68.5 Å². The molecule has 0 aliphatic rings. The SMILES string of the molecule is O=C(/C=C/c1ccco1)NCc1ccc(-c2ccco2)o1. The smallest absolute Gasteiger partial charge is 0.244 e. The molecule has 0 atom stereocenters. The zero-order chi connectivity index (χ0) is 14.5. The second kappa shape index (κ2) is 6.00. The minimum atomic E-state index is -0.220. The Bertz CT molecular complexity index is 720. The predicted molar refractivity (Wildman–Crippen MR) is 76.0 cm³/mol. The molecule has 21 heavy (non-hydrogen) atoms. The molecule has 3 aromatic rings. The number of carbonyl (C=O) groups excluding carboxylic acids is 1. The summed E-state index contributed by atoms with van der Waals surface area (Å²) in [7, 11) is 0. The van der Waals surface area contributed by atoms with Gasteiger partial charge in [-0.05, 0) is 42.5 Å². The lowest BCUT2D eigenvalue weighted by atomic mass is 10.3. The van der Waals surface area contributed by atoms with E-state index >= 15 is 0 Å². The second-order valence-corrected chi connectivity index (χ2v) is 4.31. The van der Waals surface area contributed by atoms with Gasteiger partial charge < -0.3 is 18.6 Å². The van der Waals surface area contributed by atoms with Gasteiger partial charge >= 0.3 is 0 Å². The molecule has 0 radical (unpaired) electrons. The van der Waals surface area contributed by atoms with Gasteiger partial charge in [0, 0.05) is 6.08 Å². The Kier molecular flexibility index (Phi) is 3.73. The van der Waals surface area contributed by atoms with Gasteiger partial charge in [0.05, 0.1) is 19.1 Å². The zero-order valence-electron chi connectivity index (χ0n) is 11.1. The summed E-state index contributed by atoms with van der Waals surface area (Å²) in [5, 5.41) is 2.73. The van der Waals surface area contributed by atoms with Crippen LogP contribution >= 0.6 is 0 Å². The first kappa shape index (κ1) is 13.1. The van der Waals surface area contributed by atoms with Crippen LogP contribution in [0.1, 0.15) is 11.5 Å². The highest BCUT2D eigenvalue weighted by atomic mass is 16.4. The number of furan rings is 3. The fraction of sp³-hybridized carbons (Fsp3) is 0.0625. The molecule has 0 bridgehead atoms. The van der Waals surface area contributed by atoms with Crippen molar-refractivity contribution in [2.75, 3.05) is 0 Å². The van der Waals surface area contributed by atoms with Gasteiger partial charge in [0.15, 0.2) is 11.5 Å². The summed E-state index contributed by atoms with van der Waals surface area (Å²) >= 11 is 0. The Morgan fingerprint density at radius 2 is 1.90 bits per heavy atom. The van der Waals surface area contributed by atoms with Crippen molar-refractivity contribution >= 4 is 12.0 Å². The molecule has 3 rings (SSSR count). The van der Waals surface area contributed by atoms with Crippen molar-refractivity contribution in [3.05, 3.63) is 66.5 Å². The van der Waals surface area contributed by atoms with Gasteiger partial charge in [0.2, 0.25) is 5.91 Å². The van der Waals surface area contributed by atoms with Crippen molar-refractivity contribution in [3.8, 4) is 11.5 Å². The molecule has 5 nitrogen and oxygen atoms in total. The molecule has 1 N–H and O–H groups in total. The lowest BCUT2D eigenvalue weighted by Gasteiger charge is -1.98. The monoisotopic (exact) mass is 283 g/mol. The van der Waals surface area contributed by atoms with Crippen LogP contribution < -0.4 is 5.32 Å². The predicted octanol–water partition coefficient (Wildman–Crippen LogP) is 3.46. The first-order valence-corrected chi connectivity index (χ1v) is 6.43. The molecular weight excluding hydrogens is 270 g/mol. The summed E-state index contributed by atoms with van der Waals surface area (Å²) in [6, 6.07) is 10.7. The highest BCUT2D eigenvalue weighted by Crippen LogP contribution is 2.22. The van der Waals surface area contributed by atoms with E-state index < -0.39 is 0 Å². The minimum Gasteiger partial charge on any atom is -0.465 e. The average Bonchev–Trinajstić information content (AvgIpc) is 3.24. The van der Waals surface area contributed by atoms with Crippen molar-refractivity contribution in [1.29, 1.82) is 0 Å². The quantitative estimate of drug-likeness (QED) is 0.728. The van der Waals surface area contributed by atoms with E-state index in [1.165, 1.54) is 6.08 Å². The molecule has 0 aliphatic carbocycles. The highest BCUT2D eigenvalue weighted by Gasteiger charge is 2.07. The van der Waals surface area contributed by atoms with Crippen LogP contribution in [0.4, 0.5) is 0 Å². The normalized spacial score (nSPS) is 11.0. The summed E-state index contributed by atoms with van der Waals surface area (Å²) in [6.45, 7) is 0.308. The zero-order valence-corrected chi connectivity index (χ0v) is 11.1. The van der Waals surface area contributed by atoms with Crippen LogP contribution in [0.2, 0.25) is 0 Å². The fourth-order valence-corrected chi connectivity index (χ4v) is 1.80. The van der Waals surface area contributed by atoms with Crippen molar-refractivity contribution in [2.45, 2.75) is 6.54 Å². The van der Waals surface area contributed by atoms with Gasteiger partial charge in [-0.15, -0.1) is 0 Å². The van der Waals surface area contributed by atoms with E-state index in [2.05, 4.69) is 5.32 Å². The fourth-order valence-electron chi connectivity index (χ4n) is 1.80. The molecule has 0 saturated carbocycles. The Labute approximate surface area is 120 Å². The molecule has 106 valence electrons.